The Balaban J connectivity index is 0.000000250. The number of ketones is 2. The summed E-state index contributed by atoms with van der Waals surface area (Å²) in [5, 5.41) is 32.0. The van der Waals surface area contributed by atoms with Gasteiger partial charge in [-0.2, -0.15) is 0 Å². The van der Waals surface area contributed by atoms with Gasteiger partial charge in [0.15, 0.2) is 8.32 Å². The van der Waals surface area contributed by atoms with Gasteiger partial charge >= 0.3 is 0 Å². The van der Waals surface area contributed by atoms with Gasteiger partial charge in [0.2, 0.25) is 0 Å². The van der Waals surface area contributed by atoms with E-state index in [1.165, 1.54) is 11.1 Å². The third kappa shape index (κ3) is 13.1. The van der Waals surface area contributed by atoms with Gasteiger partial charge in [0.05, 0.1) is 24.4 Å². The van der Waals surface area contributed by atoms with Crippen LogP contribution in [0.5, 0.6) is 11.5 Å². The third-order valence-electron chi connectivity index (χ3n) is 14.6. The molecule has 2 heterocycles. The average molecular weight is 907 g/mol. The lowest BCUT2D eigenvalue weighted by Gasteiger charge is -2.40. The smallest absolute Gasteiger partial charge is 0.192 e. The van der Waals surface area contributed by atoms with E-state index in [2.05, 4.69) is 94.0 Å². The van der Waals surface area contributed by atoms with Gasteiger partial charge in [-0.05, 0) is 94.5 Å². The standard InChI is InChI=1S/C31H46O4Si.C25H32O4/c1-9-10-13-21(2)26(33)19-18-24-27(35-36(7,8)31(4,5)6)20-28-29(24)25-17-12-16-23(30(25)34-28)15-11-14-22(3)32;1-4-5-8-16(2)21(27)14-13-19-22(28)15-23-24(19)20-12-7-11-18(25(20)29-23)10-6-9-17(3)26/h12,16-19,21,24,26-29,33H,11,13-15,20H2,1-8H3;7,11-14,16,19,21-24,27-28H,6,8-10,15H2,1-3H3/b19-18+;14-13+/t21-,24-,26+,27+,28-,29-;16-,19-,21+,22+,23-,24-/m00/s1. The molecular formula is C56H78O8Si. The first-order chi connectivity index (χ1) is 30.8. The van der Waals surface area contributed by atoms with Crippen molar-refractivity contribution in [3.05, 3.63) is 83.0 Å². The Morgan fingerprint density at radius 2 is 1.22 bits per heavy atom. The van der Waals surface area contributed by atoms with E-state index in [0.717, 1.165) is 54.7 Å². The maximum absolute atomic E-state index is 11.4. The van der Waals surface area contributed by atoms with E-state index < -0.39 is 26.6 Å². The number of ether oxygens (including phenoxy) is 2. The highest BCUT2D eigenvalue weighted by Crippen LogP contribution is 2.55. The van der Waals surface area contributed by atoms with Crippen LogP contribution in [0, 0.1) is 47.4 Å². The number of hydrogen-bond donors (Lipinski definition) is 3. The number of aliphatic hydroxyl groups excluding tert-OH is 3. The Hall–Kier alpha value is -3.96. The van der Waals surface area contributed by atoms with E-state index in [9.17, 15) is 24.9 Å². The quantitative estimate of drug-likeness (QED) is 0.0768. The number of carbonyl (C=O) groups is 2. The predicted molar refractivity (Wildman–Crippen MR) is 263 cm³/mol. The largest absolute Gasteiger partial charge is 0.489 e. The van der Waals surface area contributed by atoms with Crippen LogP contribution in [0.4, 0.5) is 0 Å². The second-order valence-corrected chi connectivity index (χ2v) is 25.5. The van der Waals surface area contributed by atoms with E-state index in [1.54, 1.807) is 20.8 Å². The van der Waals surface area contributed by atoms with Crippen LogP contribution in [0.15, 0.2) is 60.7 Å². The number of benzene rings is 2. The summed E-state index contributed by atoms with van der Waals surface area (Å²) in [4.78, 5) is 22.7. The molecule has 0 amide bonds. The number of aryl methyl sites for hydroxylation is 2. The molecule has 0 spiro atoms. The van der Waals surface area contributed by atoms with Gasteiger partial charge in [0.1, 0.15) is 35.3 Å². The highest BCUT2D eigenvalue weighted by Gasteiger charge is 2.53. The molecular weight excluding hydrogens is 829 g/mol. The Morgan fingerprint density at radius 1 is 0.769 bits per heavy atom. The van der Waals surface area contributed by atoms with E-state index in [1.807, 2.05) is 45.1 Å². The minimum atomic E-state index is -1.99. The fourth-order valence-corrected chi connectivity index (χ4v) is 11.0. The number of para-hydroxylation sites is 2. The predicted octanol–water partition coefficient (Wildman–Crippen LogP) is 10.6. The topological polar surface area (TPSA) is 123 Å². The Morgan fingerprint density at radius 3 is 1.66 bits per heavy atom. The molecule has 354 valence electrons. The van der Waals surface area contributed by atoms with Crippen molar-refractivity contribution in [2.45, 2.75) is 193 Å². The molecule has 2 aromatic rings. The molecule has 9 heteroatoms. The highest BCUT2D eigenvalue weighted by molar-refractivity contribution is 6.74. The number of rotatable bonds is 18. The van der Waals surface area contributed by atoms with Crippen molar-refractivity contribution < 1.29 is 38.8 Å². The van der Waals surface area contributed by atoms with Gasteiger partial charge in [0, 0.05) is 73.3 Å². The van der Waals surface area contributed by atoms with E-state index in [0.29, 0.717) is 32.1 Å². The molecule has 2 fully saturated rings. The lowest BCUT2D eigenvalue weighted by Crippen LogP contribution is -2.45. The van der Waals surface area contributed by atoms with E-state index in [-0.39, 0.29) is 70.4 Å². The molecule has 0 radical (unpaired) electrons. The summed E-state index contributed by atoms with van der Waals surface area (Å²) in [7, 11) is -1.99. The van der Waals surface area contributed by atoms with Crippen molar-refractivity contribution >= 4 is 19.9 Å². The van der Waals surface area contributed by atoms with Crippen LogP contribution in [0.25, 0.3) is 0 Å². The number of aliphatic hydroxyl groups is 3. The van der Waals surface area contributed by atoms with Gasteiger partial charge in [0.25, 0.3) is 0 Å². The molecule has 12 atom stereocenters. The first-order valence-corrected chi connectivity index (χ1v) is 27.1. The molecule has 0 unspecified atom stereocenters. The number of Topliss-reactive ketones (excluding diaryl/α,β-unsaturated/α-hetero) is 2. The van der Waals surface area contributed by atoms with Gasteiger partial charge in [-0.1, -0.05) is 95.3 Å². The summed E-state index contributed by atoms with van der Waals surface area (Å²) < 4.78 is 19.9. The van der Waals surface area contributed by atoms with Crippen LogP contribution in [-0.4, -0.2) is 71.8 Å². The molecule has 6 rings (SSSR count). The first kappa shape index (κ1) is 52.0. The summed E-state index contributed by atoms with van der Waals surface area (Å²) in [5.74, 6) is 14.8. The molecule has 3 N–H and O–H groups in total. The zero-order valence-electron chi connectivity index (χ0n) is 41.2. The minimum absolute atomic E-state index is 0.0378. The van der Waals surface area contributed by atoms with Crippen LogP contribution < -0.4 is 9.47 Å². The van der Waals surface area contributed by atoms with E-state index in [4.69, 9.17) is 13.9 Å². The van der Waals surface area contributed by atoms with Crippen LogP contribution in [0.3, 0.4) is 0 Å². The van der Waals surface area contributed by atoms with Crippen molar-refractivity contribution in [3.63, 3.8) is 0 Å². The second-order valence-electron chi connectivity index (χ2n) is 20.7. The summed E-state index contributed by atoms with van der Waals surface area (Å²) >= 11 is 0. The van der Waals surface area contributed by atoms with Gasteiger partial charge in [-0.15, -0.1) is 23.7 Å². The zero-order chi connectivity index (χ0) is 47.6. The normalized spacial score (nSPS) is 25.9. The number of hydrogen-bond acceptors (Lipinski definition) is 8. The van der Waals surface area contributed by atoms with Crippen LogP contribution in [0.2, 0.25) is 18.1 Å². The zero-order valence-corrected chi connectivity index (χ0v) is 42.2. The summed E-state index contributed by atoms with van der Waals surface area (Å²) in [5.41, 5.74) is 4.72. The second kappa shape index (κ2) is 23.2. The van der Waals surface area contributed by atoms with Crippen molar-refractivity contribution in [1.82, 2.24) is 0 Å². The van der Waals surface area contributed by atoms with Crippen LogP contribution in [0.1, 0.15) is 148 Å². The molecule has 2 saturated carbocycles. The fraction of sp³-hybridized carbons (Fsp3) is 0.607. The minimum Gasteiger partial charge on any atom is -0.489 e. The van der Waals surface area contributed by atoms with Crippen molar-refractivity contribution in [3.8, 4) is 35.2 Å². The van der Waals surface area contributed by atoms with Crippen LogP contribution in [-0.2, 0) is 26.9 Å². The fourth-order valence-electron chi connectivity index (χ4n) is 9.68. The molecule has 0 aromatic heterocycles. The number of fused-ring (bicyclic) bond motifs is 6. The van der Waals surface area contributed by atoms with Gasteiger partial charge < -0.3 is 38.8 Å². The molecule has 8 nitrogen and oxygen atoms in total. The van der Waals surface area contributed by atoms with Crippen molar-refractivity contribution in [2.75, 3.05) is 0 Å². The molecule has 4 aliphatic rings. The lowest BCUT2D eigenvalue weighted by molar-refractivity contribution is -0.117. The third-order valence-corrected chi connectivity index (χ3v) is 19.1. The summed E-state index contributed by atoms with van der Waals surface area (Å²) in [6.45, 7) is 22.4. The maximum Gasteiger partial charge on any atom is 0.192 e. The summed E-state index contributed by atoms with van der Waals surface area (Å²) in [6, 6.07) is 12.6. The Labute approximate surface area is 392 Å². The monoisotopic (exact) mass is 907 g/mol. The molecule has 0 saturated heterocycles. The molecule has 2 aliphatic heterocycles. The summed E-state index contributed by atoms with van der Waals surface area (Å²) in [6.07, 6.45) is 13.7. The van der Waals surface area contributed by atoms with Crippen molar-refractivity contribution in [2.24, 2.45) is 23.7 Å². The SMILES string of the molecule is CC#CC[C@H](C)[C@H](O)/C=C/[C@@H]1[C@H]2c3cccc(CCCC(C)=O)c3O[C@H]2C[C@H]1O.CC#CC[C@H](C)[C@H](O)/C=C/[C@@H]1[C@H]2c3cccc(CCCC(C)=O)c3O[C@H]2C[C@H]1O[Si](C)(C)C(C)(C)C. The highest BCUT2D eigenvalue weighted by atomic mass is 28.4. The Bertz CT molecular complexity index is 2130. The average Bonchev–Trinajstić information content (AvgIpc) is 3.97. The Kier molecular flexibility index (Phi) is 18.5. The van der Waals surface area contributed by atoms with E-state index >= 15 is 0 Å². The molecule has 2 aliphatic carbocycles. The van der Waals surface area contributed by atoms with Gasteiger partial charge in [-0.3, -0.25) is 0 Å². The van der Waals surface area contributed by atoms with Gasteiger partial charge in [-0.25, -0.2) is 0 Å². The first-order valence-electron chi connectivity index (χ1n) is 24.2. The number of carbonyl (C=O) groups excluding carboxylic acids is 2. The van der Waals surface area contributed by atoms with Crippen molar-refractivity contribution in [1.29, 1.82) is 0 Å². The van der Waals surface area contributed by atoms with Crippen LogP contribution >= 0.6 is 0 Å². The molecule has 2 aromatic carbocycles. The lowest BCUT2D eigenvalue weighted by atomic mass is 9.86. The maximum atomic E-state index is 11.4. The molecule has 0 bridgehead atoms. The molecule has 65 heavy (non-hydrogen) atoms.